The van der Waals surface area contributed by atoms with E-state index in [1.54, 1.807) is 0 Å². The topological polar surface area (TPSA) is 91.5 Å². The highest BCUT2D eigenvalue weighted by molar-refractivity contribution is 7.89. The van der Waals surface area contributed by atoms with Gasteiger partial charge in [0.1, 0.15) is 16.3 Å². The molecule has 1 aliphatic rings. The molecule has 0 bridgehead atoms. The normalized spacial score (nSPS) is 15.5. The molecular weight excluding hydrogens is 399 g/mol. The molecule has 0 aliphatic carbocycles. The zero-order chi connectivity index (χ0) is 20.4. The predicted octanol–water partition coefficient (Wildman–Crippen LogP) is 2.99. The van der Waals surface area contributed by atoms with Gasteiger partial charge in [0, 0.05) is 25.0 Å². The molecule has 0 spiro atoms. The molecule has 28 heavy (non-hydrogen) atoms. The lowest BCUT2D eigenvalue weighted by molar-refractivity contribution is -0.153. The van der Waals surface area contributed by atoms with Crippen molar-refractivity contribution in [3.8, 4) is 5.75 Å². The minimum Gasteiger partial charge on any atom is -0.484 e. The summed E-state index contributed by atoms with van der Waals surface area (Å²) in [5.41, 5.74) is 0.373. The standard InChI is InChI=1S/C17H18F3N3O4S/c18-17(19,20)11-27-13-5-3-12(4-6-13)22-16(24)15-9-14(10-21-15)28(25,26)23-7-1-2-8-23/h3-6,9-10,21H,1-2,7-8,11H2,(H,22,24). The van der Waals surface area contributed by atoms with E-state index in [0.717, 1.165) is 12.8 Å². The molecule has 2 N–H and O–H groups in total. The number of alkyl halides is 3. The molecule has 1 aromatic heterocycles. The highest BCUT2D eigenvalue weighted by Gasteiger charge is 2.29. The van der Waals surface area contributed by atoms with E-state index >= 15 is 0 Å². The van der Waals surface area contributed by atoms with Crippen molar-refractivity contribution < 1.29 is 31.1 Å². The number of amides is 1. The fraction of sp³-hybridized carbons (Fsp3) is 0.353. The highest BCUT2D eigenvalue weighted by Crippen LogP contribution is 2.23. The second-order valence-electron chi connectivity index (χ2n) is 6.24. The monoisotopic (exact) mass is 417 g/mol. The summed E-state index contributed by atoms with van der Waals surface area (Å²) in [7, 11) is -3.63. The summed E-state index contributed by atoms with van der Waals surface area (Å²) >= 11 is 0. The quantitative estimate of drug-likeness (QED) is 0.756. The van der Waals surface area contributed by atoms with Gasteiger partial charge in [0.2, 0.25) is 10.0 Å². The van der Waals surface area contributed by atoms with E-state index in [9.17, 15) is 26.4 Å². The third kappa shape index (κ3) is 4.84. The predicted molar refractivity (Wildman–Crippen MR) is 94.7 cm³/mol. The van der Waals surface area contributed by atoms with Crippen molar-refractivity contribution >= 4 is 21.6 Å². The third-order valence-electron chi connectivity index (χ3n) is 4.12. The van der Waals surface area contributed by atoms with Crippen molar-refractivity contribution in [3.63, 3.8) is 0 Å². The van der Waals surface area contributed by atoms with Gasteiger partial charge in [-0.05, 0) is 43.2 Å². The molecule has 1 aliphatic heterocycles. The van der Waals surface area contributed by atoms with Crippen LogP contribution in [-0.2, 0) is 10.0 Å². The molecule has 152 valence electrons. The first-order valence-corrected chi connectivity index (χ1v) is 9.89. The number of sulfonamides is 1. The molecule has 0 saturated carbocycles. The number of aromatic amines is 1. The Hall–Kier alpha value is -2.53. The van der Waals surface area contributed by atoms with Crippen LogP contribution in [0, 0.1) is 0 Å². The number of hydrogen-bond acceptors (Lipinski definition) is 4. The van der Waals surface area contributed by atoms with Crippen LogP contribution in [0.25, 0.3) is 0 Å². The van der Waals surface area contributed by atoms with Gasteiger partial charge in [-0.2, -0.15) is 17.5 Å². The summed E-state index contributed by atoms with van der Waals surface area (Å²) in [6, 6.07) is 6.60. The molecule has 2 aromatic rings. The smallest absolute Gasteiger partial charge is 0.422 e. The largest absolute Gasteiger partial charge is 0.484 e. The second-order valence-corrected chi connectivity index (χ2v) is 8.18. The maximum absolute atomic E-state index is 12.5. The number of ether oxygens (including phenoxy) is 1. The Morgan fingerprint density at radius 1 is 1.18 bits per heavy atom. The molecule has 0 atom stereocenters. The molecule has 1 fully saturated rings. The van der Waals surface area contributed by atoms with Gasteiger partial charge in [0.15, 0.2) is 6.61 Å². The fourth-order valence-electron chi connectivity index (χ4n) is 2.73. The van der Waals surface area contributed by atoms with Gasteiger partial charge in [0.05, 0.1) is 0 Å². The van der Waals surface area contributed by atoms with E-state index in [4.69, 9.17) is 0 Å². The van der Waals surface area contributed by atoms with Crippen molar-refractivity contribution in [1.29, 1.82) is 0 Å². The van der Waals surface area contributed by atoms with Crippen molar-refractivity contribution in [2.24, 2.45) is 0 Å². The molecule has 11 heteroatoms. The third-order valence-corrected chi connectivity index (χ3v) is 6.00. The summed E-state index contributed by atoms with van der Waals surface area (Å²) in [5.74, 6) is -0.568. The van der Waals surface area contributed by atoms with Crippen LogP contribution in [0.5, 0.6) is 5.75 Å². The first-order chi connectivity index (χ1) is 13.1. The van der Waals surface area contributed by atoms with E-state index in [1.807, 2.05) is 0 Å². The van der Waals surface area contributed by atoms with E-state index in [2.05, 4.69) is 15.0 Å². The Bertz CT molecular complexity index is 933. The number of rotatable bonds is 6. The highest BCUT2D eigenvalue weighted by atomic mass is 32.2. The number of carbonyl (C=O) groups is 1. The first-order valence-electron chi connectivity index (χ1n) is 8.45. The maximum atomic E-state index is 12.5. The van der Waals surface area contributed by atoms with Crippen LogP contribution in [0.4, 0.5) is 18.9 Å². The van der Waals surface area contributed by atoms with Crippen molar-refractivity contribution in [2.45, 2.75) is 23.9 Å². The van der Waals surface area contributed by atoms with E-state index in [-0.39, 0.29) is 16.3 Å². The number of H-pyrrole nitrogens is 1. The van der Waals surface area contributed by atoms with Crippen LogP contribution in [-0.4, -0.2) is 49.5 Å². The average Bonchev–Trinajstić information content (AvgIpc) is 3.32. The zero-order valence-corrected chi connectivity index (χ0v) is 15.4. The van der Waals surface area contributed by atoms with Crippen LogP contribution in [0.1, 0.15) is 23.3 Å². The zero-order valence-electron chi connectivity index (χ0n) is 14.6. The van der Waals surface area contributed by atoms with E-state index in [0.29, 0.717) is 18.8 Å². The van der Waals surface area contributed by atoms with Crippen LogP contribution in [0.15, 0.2) is 41.4 Å². The molecule has 1 aromatic carbocycles. The SMILES string of the molecule is O=C(Nc1ccc(OCC(F)(F)F)cc1)c1cc(S(=O)(=O)N2CCCC2)c[nH]1. The summed E-state index contributed by atoms with van der Waals surface area (Å²) in [4.78, 5) is 14.9. The van der Waals surface area contributed by atoms with Gasteiger partial charge in [-0.15, -0.1) is 0 Å². The molecule has 1 amide bonds. The molecular formula is C17H18F3N3O4S. The fourth-order valence-corrected chi connectivity index (χ4v) is 4.24. The Morgan fingerprint density at radius 2 is 1.82 bits per heavy atom. The van der Waals surface area contributed by atoms with Gasteiger partial charge in [-0.1, -0.05) is 0 Å². The maximum Gasteiger partial charge on any atom is 0.422 e. The lowest BCUT2D eigenvalue weighted by atomic mass is 10.3. The van der Waals surface area contributed by atoms with Gasteiger partial charge >= 0.3 is 6.18 Å². The Labute approximate surface area is 159 Å². The Kier molecular flexibility index (Phi) is 5.66. The van der Waals surface area contributed by atoms with Gasteiger partial charge < -0.3 is 15.0 Å². The number of nitrogens with zero attached hydrogens (tertiary/aromatic N) is 1. The number of nitrogens with one attached hydrogen (secondary N) is 2. The first kappa shape index (κ1) is 20.2. The average molecular weight is 417 g/mol. The van der Waals surface area contributed by atoms with Crippen molar-refractivity contribution in [3.05, 3.63) is 42.2 Å². The summed E-state index contributed by atoms with van der Waals surface area (Å²) in [6.45, 7) is -0.495. The lowest BCUT2D eigenvalue weighted by Gasteiger charge is -2.13. The number of aromatic nitrogens is 1. The number of benzene rings is 1. The number of anilines is 1. The van der Waals surface area contributed by atoms with Crippen molar-refractivity contribution in [2.75, 3.05) is 25.0 Å². The number of hydrogen-bond donors (Lipinski definition) is 2. The molecule has 1 saturated heterocycles. The minimum atomic E-state index is -4.44. The minimum absolute atomic E-state index is 0.00851. The van der Waals surface area contributed by atoms with Crippen molar-refractivity contribution in [1.82, 2.24) is 9.29 Å². The van der Waals surface area contributed by atoms with E-state index in [1.165, 1.54) is 40.8 Å². The van der Waals surface area contributed by atoms with Gasteiger partial charge in [-0.25, -0.2) is 8.42 Å². The van der Waals surface area contributed by atoms with E-state index < -0.39 is 28.7 Å². The Balaban J connectivity index is 1.63. The molecule has 0 unspecified atom stereocenters. The molecule has 0 radical (unpaired) electrons. The van der Waals surface area contributed by atoms with Crippen LogP contribution >= 0.6 is 0 Å². The molecule has 7 nitrogen and oxygen atoms in total. The van der Waals surface area contributed by atoms with Crippen LogP contribution in [0.2, 0.25) is 0 Å². The Morgan fingerprint density at radius 3 is 2.43 bits per heavy atom. The molecule has 2 heterocycles. The van der Waals surface area contributed by atoms with Gasteiger partial charge in [-0.3, -0.25) is 4.79 Å². The lowest BCUT2D eigenvalue weighted by Crippen LogP contribution is -2.27. The molecule has 3 rings (SSSR count). The van der Waals surface area contributed by atoms with Crippen LogP contribution in [0.3, 0.4) is 0 Å². The summed E-state index contributed by atoms with van der Waals surface area (Å²) < 4.78 is 67.3. The number of halogens is 3. The second kappa shape index (κ2) is 7.84. The number of carbonyl (C=O) groups excluding carboxylic acids is 1. The summed E-state index contributed by atoms with van der Waals surface area (Å²) in [5, 5.41) is 2.54. The van der Waals surface area contributed by atoms with Crippen LogP contribution < -0.4 is 10.1 Å². The van der Waals surface area contributed by atoms with Gasteiger partial charge in [0.25, 0.3) is 5.91 Å². The summed E-state index contributed by atoms with van der Waals surface area (Å²) in [6.07, 6.45) is -1.57.